The first-order chi connectivity index (χ1) is 9.42. The summed E-state index contributed by atoms with van der Waals surface area (Å²) >= 11 is 1.20. The Balaban J connectivity index is 2.52. The molecule has 1 rings (SSSR count). The van der Waals surface area contributed by atoms with E-state index in [9.17, 15) is 14.4 Å². The summed E-state index contributed by atoms with van der Waals surface area (Å²) < 4.78 is 0. The predicted molar refractivity (Wildman–Crippen MR) is 71.3 cm³/mol. The predicted octanol–water partition coefficient (Wildman–Crippen LogP) is -0.0593. The van der Waals surface area contributed by atoms with Gasteiger partial charge >= 0.3 is 12.0 Å². The van der Waals surface area contributed by atoms with E-state index in [1.807, 2.05) is 6.92 Å². The number of rotatable bonds is 7. The van der Waals surface area contributed by atoms with E-state index < -0.39 is 23.9 Å². The number of carboxylic acid groups (broad SMARTS) is 1. The highest BCUT2D eigenvalue weighted by Gasteiger charge is 2.21. The van der Waals surface area contributed by atoms with Crippen LogP contribution in [0.25, 0.3) is 0 Å². The molecular weight excluding hydrogens is 286 g/mol. The van der Waals surface area contributed by atoms with Gasteiger partial charge in [0.05, 0.1) is 0 Å². The lowest BCUT2D eigenvalue weighted by molar-refractivity contribution is -0.139. The molecule has 1 heterocycles. The molecule has 10 heteroatoms. The second-order valence-electron chi connectivity index (χ2n) is 3.85. The second kappa shape index (κ2) is 7.38. The number of anilines is 1. The van der Waals surface area contributed by atoms with Gasteiger partial charge in [-0.25, -0.2) is 9.59 Å². The van der Waals surface area contributed by atoms with Crippen molar-refractivity contribution in [2.45, 2.75) is 32.2 Å². The SMILES string of the molecule is CCc1nnc(NC(=O)N[C@H](CCC(N)=O)C(=O)O)s1. The summed E-state index contributed by atoms with van der Waals surface area (Å²) in [5.74, 6) is -1.87. The van der Waals surface area contributed by atoms with Crippen molar-refractivity contribution in [2.75, 3.05) is 5.32 Å². The van der Waals surface area contributed by atoms with Crippen molar-refractivity contribution >= 4 is 34.4 Å². The van der Waals surface area contributed by atoms with Crippen LogP contribution in [0, 0.1) is 0 Å². The number of carbonyl (C=O) groups excluding carboxylic acids is 2. The molecule has 5 N–H and O–H groups in total. The van der Waals surface area contributed by atoms with Crippen LogP contribution in [0.15, 0.2) is 0 Å². The topological polar surface area (TPSA) is 147 Å². The fourth-order valence-electron chi connectivity index (χ4n) is 1.28. The Labute approximate surface area is 118 Å². The number of amides is 3. The van der Waals surface area contributed by atoms with Crippen LogP contribution in [0.4, 0.5) is 9.93 Å². The maximum atomic E-state index is 11.6. The van der Waals surface area contributed by atoms with Crippen LogP contribution in [0.3, 0.4) is 0 Å². The number of carboxylic acids is 1. The molecule has 1 atom stereocenters. The summed E-state index contributed by atoms with van der Waals surface area (Å²) in [5, 5.41) is 22.1. The number of nitrogens with one attached hydrogen (secondary N) is 2. The van der Waals surface area contributed by atoms with Crippen LogP contribution in [0.2, 0.25) is 0 Å². The van der Waals surface area contributed by atoms with Crippen LogP contribution >= 0.6 is 11.3 Å². The summed E-state index contributed by atoms with van der Waals surface area (Å²) in [6.07, 6.45) is 0.488. The monoisotopic (exact) mass is 301 g/mol. The number of hydrogen-bond donors (Lipinski definition) is 4. The van der Waals surface area contributed by atoms with Crippen LogP contribution in [0.5, 0.6) is 0 Å². The number of hydrogen-bond acceptors (Lipinski definition) is 6. The fraction of sp³-hybridized carbons (Fsp3) is 0.500. The lowest BCUT2D eigenvalue weighted by Gasteiger charge is -2.13. The third-order valence-corrected chi connectivity index (χ3v) is 3.26. The molecule has 9 nitrogen and oxygen atoms in total. The van der Waals surface area contributed by atoms with Gasteiger partial charge in [0.25, 0.3) is 0 Å². The number of primary amides is 1. The normalized spacial score (nSPS) is 11.7. The Kier molecular flexibility index (Phi) is 5.84. The lowest BCUT2D eigenvalue weighted by atomic mass is 10.1. The minimum atomic E-state index is -1.24. The Hall–Kier alpha value is -2.23. The highest BCUT2D eigenvalue weighted by Crippen LogP contribution is 2.15. The Morgan fingerprint density at radius 3 is 2.60 bits per heavy atom. The molecule has 0 saturated carbocycles. The summed E-state index contributed by atoms with van der Waals surface area (Å²) in [6.45, 7) is 1.90. The summed E-state index contributed by atoms with van der Waals surface area (Å²) in [4.78, 5) is 33.2. The maximum Gasteiger partial charge on any atom is 0.326 e. The number of aryl methyl sites for hydroxylation is 1. The van der Waals surface area contributed by atoms with Gasteiger partial charge in [0.1, 0.15) is 11.0 Å². The highest BCUT2D eigenvalue weighted by molar-refractivity contribution is 7.15. The zero-order valence-electron chi connectivity index (χ0n) is 10.8. The molecule has 0 aliphatic heterocycles. The van der Waals surface area contributed by atoms with E-state index in [4.69, 9.17) is 10.8 Å². The summed E-state index contributed by atoms with van der Waals surface area (Å²) in [6, 6.07) is -1.92. The van der Waals surface area contributed by atoms with Gasteiger partial charge in [0, 0.05) is 6.42 Å². The highest BCUT2D eigenvalue weighted by atomic mass is 32.1. The van der Waals surface area contributed by atoms with Crippen LogP contribution in [-0.4, -0.2) is 39.3 Å². The molecule has 0 aliphatic carbocycles. The molecule has 0 saturated heterocycles. The van der Waals surface area contributed by atoms with E-state index in [2.05, 4.69) is 20.8 Å². The average molecular weight is 301 g/mol. The number of nitrogens with two attached hydrogens (primary N) is 1. The van der Waals surface area contributed by atoms with Crippen LogP contribution < -0.4 is 16.4 Å². The molecule has 0 radical (unpaired) electrons. The van der Waals surface area contributed by atoms with Crippen molar-refractivity contribution in [3.8, 4) is 0 Å². The molecule has 20 heavy (non-hydrogen) atoms. The van der Waals surface area contributed by atoms with E-state index in [1.165, 1.54) is 11.3 Å². The summed E-state index contributed by atoms with van der Waals surface area (Å²) in [5.41, 5.74) is 4.94. The van der Waals surface area contributed by atoms with Crippen molar-refractivity contribution < 1.29 is 19.5 Å². The number of aliphatic carboxylic acids is 1. The van der Waals surface area contributed by atoms with Crippen LogP contribution in [0.1, 0.15) is 24.8 Å². The zero-order chi connectivity index (χ0) is 15.1. The second-order valence-corrected chi connectivity index (χ2v) is 4.91. The van der Waals surface area contributed by atoms with Gasteiger partial charge in [-0.05, 0) is 12.8 Å². The Morgan fingerprint density at radius 2 is 2.10 bits per heavy atom. The van der Waals surface area contributed by atoms with Gasteiger partial charge in [-0.1, -0.05) is 18.3 Å². The quantitative estimate of drug-likeness (QED) is 0.554. The standard InChI is InChI=1S/C10H15N5O4S/c1-2-7-14-15-10(20-7)13-9(19)12-5(8(17)18)3-4-6(11)16/h5H,2-4H2,1H3,(H2,11,16)(H,17,18)(H2,12,13,15,19)/t5-/m1/s1. The van der Waals surface area contributed by atoms with E-state index in [-0.39, 0.29) is 18.0 Å². The van der Waals surface area contributed by atoms with Crippen molar-refractivity contribution in [2.24, 2.45) is 5.73 Å². The summed E-state index contributed by atoms with van der Waals surface area (Å²) in [7, 11) is 0. The number of nitrogens with zero attached hydrogens (tertiary/aromatic N) is 2. The first-order valence-electron chi connectivity index (χ1n) is 5.83. The average Bonchev–Trinajstić information content (AvgIpc) is 2.81. The molecule has 1 aromatic heterocycles. The third kappa shape index (κ3) is 5.18. The van der Waals surface area contributed by atoms with Gasteiger partial charge in [0.2, 0.25) is 11.0 Å². The number of aromatic nitrogens is 2. The lowest BCUT2D eigenvalue weighted by Crippen LogP contribution is -2.43. The smallest absolute Gasteiger partial charge is 0.326 e. The van der Waals surface area contributed by atoms with E-state index in [0.717, 1.165) is 5.01 Å². The van der Waals surface area contributed by atoms with Gasteiger partial charge in [-0.15, -0.1) is 10.2 Å². The van der Waals surface area contributed by atoms with Crippen molar-refractivity contribution in [1.82, 2.24) is 15.5 Å². The van der Waals surface area contributed by atoms with E-state index >= 15 is 0 Å². The Bertz CT molecular complexity index is 504. The van der Waals surface area contributed by atoms with Crippen molar-refractivity contribution in [1.29, 1.82) is 0 Å². The molecule has 0 aromatic carbocycles. The third-order valence-electron chi connectivity index (χ3n) is 2.27. The first kappa shape index (κ1) is 15.8. The molecule has 0 unspecified atom stereocenters. The largest absolute Gasteiger partial charge is 0.480 e. The van der Waals surface area contributed by atoms with Crippen molar-refractivity contribution in [3.05, 3.63) is 5.01 Å². The minimum Gasteiger partial charge on any atom is -0.480 e. The first-order valence-corrected chi connectivity index (χ1v) is 6.65. The van der Waals surface area contributed by atoms with Gasteiger partial charge < -0.3 is 16.2 Å². The van der Waals surface area contributed by atoms with Gasteiger partial charge in [-0.2, -0.15) is 0 Å². The van der Waals surface area contributed by atoms with E-state index in [1.54, 1.807) is 0 Å². The molecule has 0 aliphatic rings. The molecule has 0 spiro atoms. The van der Waals surface area contributed by atoms with Gasteiger partial charge in [-0.3, -0.25) is 10.1 Å². The number of urea groups is 1. The fourth-order valence-corrected chi connectivity index (χ4v) is 1.96. The molecule has 110 valence electrons. The molecule has 3 amide bonds. The number of carbonyl (C=O) groups is 3. The zero-order valence-corrected chi connectivity index (χ0v) is 11.6. The molecule has 0 bridgehead atoms. The minimum absolute atomic E-state index is 0.0750. The van der Waals surface area contributed by atoms with Gasteiger partial charge in [0.15, 0.2) is 0 Å². The Morgan fingerprint density at radius 1 is 1.40 bits per heavy atom. The molecular formula is C10H15N5O4S. The molecule has 0 fully saturated rings. The van der Waals surface area contributed by atoms with Crippen molar-refractivity contribution in [3.63, 3.8) is 0 Å². The molecule has 1 aromatic rings. The maximum absolute atomic E-state index is 11.6. The van der Waals surface area contributed by atoms with Crippen LogP contribution in [-0.2, 0) is 16.0 Å². The van der Waals surface area contributed by atoms with E-state index in [0.29, 0.717) is 6.42 Å².